The highest BCUT2D eigenvalue weighted by Gasteiger charge is 2.37. The van der Waals surface area contributed by atoms with Crippen LogP contribution < -0.4 is 0 Å². The second-order valence-electron chi connectivity index (χ2n) is 4.20. The normalized spacial score (nSPS) is 13.7. The van der Waals surface area contributed by atoms with E-state index in [9.17, 15) is 30.3 Å². The molecule has 2 rings (SSSR count). The first kappa shape index (κ1) is 12.9. The highest BCUT2D eigenvalue weighted by Crippen LogP contribution is 2.42. The highest BCUT2D eigenvalue weighted by molar-refractivity contribution is 5.68. The smallest absolute Gasteiger partial charge is 0.258 e. The van der Waals surface area contributed by atoms with Gasteiger partial charge in [0.05, 0.1) is 14.8 Å². The zero-order valence-electron chi connectivity index (χ0n) is 9.70. The molecule has 0 fully saturated rings. The monoisotopic (exact) mass is 267 g/mol. The molecule has 0 aromatic heterocycles. The summed E-state index contributed by atoms with van der Waals surface area (Å²) in [5.41, 5.74) is -1.42. The fraction of sp³-hybridized carbons (Fsp3) is 0.400. The van der Waals surface area contributed by atoms with Crippen LogP contribution >= 0.6 is 0 Å². The zero-order valence-corrected chi connectivity index (χ0v) is 9.70. The average Bonchev–Trinajstić information content (AvgIpc) is 2.35. The second kappa shape index (κ2) is 4.59. The van der Waals surface area contributed by atoms with Crippen LogP contribution in [0.1, 0.15) is 24.0 Å². The van der Waals surface area contributed by atoms with E-state index in [1.807, 2.05) is 0 Å². The van der Waals surface area contributed by atoms with Gasteiger partial charge in [-0.2, -0.15) is 0 Å². The molecule has 1 aliphatic carbocycles. The Balaban J connectivity index is 2.83. The Kier molecular flexibility index (Phi) is 3.11. The van der Waals surface area contributed by atoms with Crippen LogP contribution in [0.3, 0.4) is 0 Å². The first-order valence-corrected chi connectivity index (χ1v) is 5.55. The van der Waals surface area contributed by atoms with E-state index >= 15 is 0 Å². The van der Waals surface area contributed by atoms with Gasteiger partial charge in [-0.05, 0) is 25.7 Å². The van der Waals surface area contributed by atoms with E-state index in [1.54, 1.807) is 0 Å². The van der Waals surface area contributed by atoms with Crippen molar-refractivity contribution in [3.05, 3.63) is 47.5 Å². The van der Waals surface area contributed by atoms with E-state index in [4.69, 9.17) is 0 Å². The molecule has 0 aliphatic heterocycles. The van der Waals surface area contributed by atoms with Gasteiger partial charge < -0.3 is 0 Å². The molecule has 0 spiro atoms. The third kappa shape index (κ3) is 2.09. The Labute approximate surface area is 106 Å². The van der Waals surface area contributed by atoms with Gasteiger partial charge >= 0.3 is 11.4 Å². The predicted molar refractivity (Wildman–Crippen MR) is 63.0 cm³/mol. The molecule has 0 N–H and O–H groups in total. The van der Waals surface area contributed by atoms with Crippen LogP contribution in [0.25, 0.3) is 0 Å². The van der Waals surface area contributed by atoms with Crippen LogP contribution in [-0.4, -0.2) is 14.8 Å². The number of nitro groups is 3. The summed E-state index contributed by atoms with van der Waals surface area (Å²) in [7, 11) is 0. The maximum absolute atomic E-state index is 11.0. The van der Waals surface area contributed by atoms with Gasteiger partial charge in [0.1, 0.15) is 6.07 Å². The summed E-state index contributed by atoms with van der Waals surface area (Å²) in [5.74, 6) is 0. The summed E-state index contributed by atoms with van der Waals surface area (Å²) < 4.78 is 0. The molecule has 0 bridgehead atoms. The molecule has 1 aliphatic rings. The van der Waals surface area contributed by atoms with Gasteiger partial charge in [-0.1, -0.05) is 0 Å². The zero-order chi connectivity index (χ0) is 14.2. The molecule has 1 aromatic rings. The van der Waals surface area contributed by atoms with Crippen LogP contribution in [0.4, 0.5) is 17.1 Å². The van der Waals surface area contributed by atoms with E-state index in [2.05, 4.69) is 0 Å². The topological polar surface area (TPSA) is 129 Å². The summed E-state index contributed by atoms with van der Waals surface area (Å²) in [6, 6.07) is 0.697. The summed E-state index contributed by atoms with van der Waals surface area (Å²) in [4.78, 5) is 30.3. The van der Waals surface area contributed by atoms with Crippen molar-refractivity contribution in [1.29, 1.82) is 0 Å². The second-order valence-corrected chi connectivity index (χ2v) is 4.20. The largest absolute Gasteiger partial charge is 0.353 e. The average molecular weight is 267 g/mol. The minimum atomic E-state index is -0.944. The van der Waals surface area contributed by atoms with E-state index in [0.29, 0.717) is 25.3 Å². The van der Waals surface area contributed by atoms with Crippen molar-refractivity contribution in [2.24, 2.45) is 0 Å². The number of nitro benzene ring substituents is 3. The molecule has 0 heterocycles. The Morgan fingerprint density at radius 2 is 1.32 bits per heavy atom. The molecule has 0 saturated heterocycles. The van der Waals surface area contributed by atoms with Gasteiger partial charge in [0.15, 0.2) is 0 Å². The lowest BCUT2D eigenvalue weighted by molar-refractivity contribution is -0.425. The van der Waals surface area contributed by atoms with Crippen molar-refractivity contribution < 1.29 is 14.8 Å². The molecule has 0 unspecified atom stereocenters. The Morgan fingerprint density at radius 1 is 0.789 bits per heavy atom. The van der Waals surface area contributed by atoms with Crippen molar-refractivity contribution in [3.8, 4) is 0 Å². The molecule has 9 nitrogen and oxygen atoms in total. The molecule has 0 radical (unpaired) electrons. The van der Waals surface area contributed by atoms with Crippen molar-refractivity contribution in [2.75, 3.05) is 0 Å². The quantitative estimate of drug-likeness (QED) is 0.610. The van der Waals surface area contributed by atoms with Gasteiger partial charge in [0.2, 0.25) is 0 Å². The standard InChI is InChI=1S/C10H9N3O6/c14-11(15)8-5-9(12(16)17)10(13(18)19)7-4-2-1-3-6(7)8/h5H,1-4H2. The van der Waals surface area contributed by atoms with Crippen LogP contribution in [0.5, 0.6) is 0 Å². The first-order chi connectivity index (χ1) is 8.93. The maximum atomic E-state index is 11.0. The molecular weight excluding hydrogens is 258 g/mol. The molecule has 100 valence electrons. The summed E-state index contributed by atoms with van der Waals surface area (Å²) in [6.45, 7) is 0. The summed E-state index contributed by atoms with van der Waals surface area (Å²) in [6.07, 6.45) is 1.91. The van der Waals surface area contributed by atoms with E-state index in [-0.39, 0.29) is 17.5 Å². The summed E-state index contributed by atoms with van der Waals surface area (Å²) >= 11 is 0. The molecule has 0 saturated carbocycles. The number of rotatable bonds is 3. The molecule has 0 atom stereocenters. The van der Waals surface area contributed by atoms with Gasteiger partial charge in [0.25, 0.3) is 5.69 Å². The van der Waals surface area contributed by atoms with Gasteiger partial charge in [0, 0.05) is 11.1 Å². The number of benzene rings is 1. The third-order valence-electron chi connectivity index (χ3n) is 3.15. The minimum absolute atomic E-state index is 0.136. The Bertz CT molecular complexity index is 597. The van der Waals surface area contributed by atoms with E-state index in [1.165, 1.54) is 0 Å². The Morgan fingerprint density at radius 3 is 1.79 bits per heavy atom. The Hall–Kier alpha value is -2.58. The lowest BCUT2D eigenvalue weighted by Crippen LogP contribution is -2.11. The minimum Gasteiger partial charge on any atom is -0.258 e. The van der Waals surface area contributed by atoms with Crippen LogP contribution in [0, 0.1) is 30.3 Å². The van der Waals surface area contributed by atoms with Gasteiger partial charge in [-0.15, -0.1) is 0 Å². The fourth-order valence-corrected chi connectivity index (χ4v) is 2.39. The van der Waals surface area contributed by atoms with Gasteiger partial charge in [-0.3, -0.25) is 30.3 Å². The number of fused-ring (bicyclic) bond motifs is 1. The number of hydrogen-bond acceptors (Lipinski definition) is 6. The highest BCUT2D eigenvalue weighted by atomic mass is 16.6. The van der Waals surface area contributed by atoms with Crippen molar-refractivity contribution >= 4 is 17.1 Å². The lowest BCUT2D eigenvalue weighted by Gasteiger charge is -2.15. The first-order valence-electron chi connectivity index (χ1n) is 5.55. The molecule has 9 heteroatoms. The number of hydrogen-bond donors (Lipinski definition) is 0. The van der Waals surface area contributed by atoms with Gasteiger partial charge in [-0.25, -0.2) is 0 Å². The summed E-state index contributed by atoms with van der Waals surface area (Å²) in [5, 5.41) is 32.8. The fourth-order valence-electron chi connectivity index (χ4n) is 2.39. The lowest BCUT2D eigenvalue weighted by atomic mass is 9.88. The van der Waals surface area contributed by atoms with Crippen molar-refractivity contribution in [1.82, 2.24) is 0 Å². The predicted octanol–water partition coefficient (Wildman–Crippen LogP) is 2.29. The molecule has 19 heavy (non-hydrogen) atoms. The van der Waals surface area contributed by atoms with E-state index in [0.717, 1.165) is 0 Å². The SMILES string of the molecule is O=[N+]([O-])c1cc([N+](=O)[O-])c([N+](=O)[O-])c2c1CCCC2. The van der Waals surface area contributed by atoms with Crippen LogP contribution in [0.2, 0.25) is 0 Å². The van der Waals surface area contributed by atoms with Crippen LogP contribution in [-0.2, 0) is 12.8 Å². The van der Waals surface area contributed by atoms with E-state index < -0.39 is 31.8 Å². The molecule has 0 amide bonds. The number of nitrogens with zero attached hydrogens (tertiary/aromatic N) is 3. The third-order valence-corrected chi connectivity index (χ3v) is 3.15. The van der Waals surface area contributed by atoms with Crippen LogP contribution in [0.15, 0.2) is 6.07 Å². The van der Waals surface area contributed by atoms with Crippen molar-refractivity contribution in [2.45, 2.75) is 25.7 Å². The maximum Gasteiger partial charge on any atom is 0.353 e. The molecule has 1 aromatic carbocycles. The molecular formula is C10H9N3O6. The van der Waals surface area contributed by atoms with Crippen molar-refractivity contribution in [3.63, 3.8) is 0 Å².